The van der Waals surface area contributed by atoms with E-state index in [1.165, 1.54) is 0 Å². The van der Waals surface area contributed by atoms with E-state index in [2.05, 4.69) is 17.6 Å². The summed E-state index contributed by atoms with van der Waals surface area (Å²) in [5.74, 6) is 0.267. The SMILES string of the molecule is CC1CNCCC1NC(=O)c1ccc(S(=O)(=O)C2CCCC2)cc1. The maximum atomic E-state index is 12.6. The number of nitrogens with one attached hydrogen (secondary N) is 2. The van der Waals surface area contributed by atoms with Gasteiger partial charge in [-0.15, -0.1) is 0 Å². The number of carbonyl (C=O) groups excluding carboxylic acids is 1. The third-order valence-corrected chi connectivity index (χ3v) is 7.57. The van der Waals surface area contributed by atoms with Crippen LogP contribution in [0.4, 0.5) is 0 Å². The highest BCUT2D eigenvalue weighted by Gasteiger charge is 2.30. The second kappa shape index (κ2) is 7.23. The van der Waals surface area contributed by atoms with Gasteiger partial charge in [-0.1, -0.05) is 19.8 Å². The first kappa shape index (κ1) is 17.4. The molecule has 1 amide bonds. The fourth-order valence-corrected chi connectivity index (χ4v) is 5.52. The van der Waals surface area contributed by atoms with Gasteiger partial charge in [-0.05, 0) is 62.5 Å². The number of sulfone groups is 1. The van der Waals surface area contributed by atoms with Gasteiger partial charge < -0.3 is 10.6 Å². The van der Waals surface area contributed by atoms with Crippen LogP contribution in [0.25, 0.3) is 0 Å². The maximum Gasteiger partial charge on any atom is 0.251 e. The fourth-order valence-electron chi connectivity index (χ4n) is 3.67. The molecule has 5 nitrogen and oxygen atoms in total. The Morgan fingerprint density at radius 3 is 2.42 bits per heavy atom. The number of hydrogen-bond acceptors (Lipinski definition) is 4. The van der Waals surface area contributed by atoms with Crippen molar-refractivity contribution < 1.29 is 13.2 Å². The summed E-state index contributed by atoms with van der Waals surface area (Å²) in [5.41, 5.74) is 0.520. The highest BCUT2D eigenvalue weighted by Crippen LogP contribution is 2.29. The summed E-state index contributed by atoms with van der Waals surface area (Å²) in [5, 5.41) is 6.12. The summed E-state index contributed by atoms with van der Waals surface area (Å²) in [6.07, 6.45) is 4.38. The zero-order valence-electron chi connectivity index (χ0n) is 14.1. The summed E-state index contributed by atoms with van der Waals surface area (Å²) < 4.78 is 25.1. The smallest absolute Gasteiger partial charge is 0.251 e. The highest BCUT2D eigenvalue weighted by atomic mass is 32.2. The summed E-state index contributed by atoms with van der Waals surface area (Å²) in [7, 11) is -3.26. The van der Waals surface area contributed by atoms with Crippen LogP contribution in [-0.2, 0) is 9.84 Å². The van der Waals surface area contributed by atoms with Gasteiger partial charge >= 0.3 is 0 Å². The maximum absolute atomic E-state index is 12.6. The lowest BCUT2D eigenvalue weighted by Gasteiger charge is -2.30. The minimum atomic E-state index is -3.26. The molecule has 0 spiro atoms. The molecule has 132 valence electrons. The van der Waals surface area contributed by atoms with E-state index in [0.29, 0.717) is 16.4 Å². The predicted molar refractivity (Wildman–Crippen MR) is 93.8 cm³/mol. The first-order valence-electron chi connectivity index (χ1n) is 8.84. The molecule has 1 saturated carbocycles. The van der Waals surface area contributed by atoms with Crippen molar-refractivity contribution in [1.82, 2.24) is 10.6 Å². The quantitative estimate of drug-likeness (QED) is 0.872. The van der Waals surface area contributed by atoms with Crippen LogP contribution in [0.1, 0.15) is 49.4 Å². The first-order chi connectivity index (χ1) is 11.5. The van der Waals surface area contributed by atoms with Crippen molar-refractivity contribution in [3.05, 3.63) is 29.8 Å². The third kappa shape index (κ3) is 3.64. The molecule has 2 N–H and O–H groups in total. The molecular weight excluding hydrogens is 324 g/mol. The molecule has 3 rings (SSSR count). The normalized spacial score (nSPS) is 25.5. The Kier molecular flexibility index (Phi) is 5.25. The van der Waals surface area contributed by atoms with Gasteiger partial charge in [0.05, 0.1) is 10.1 Å². The Labute approximate surface area is 144 Å². The van der Waals surface area contributed by atoms with Crippen LogP contribution in [0.15, 0.2) is 29.2 Å². The van der Waals surface area contributed by atoms with Crippen molar-refractivity contribution in [2.45, 2.75) is 55.2 Å². The molecule has 1 aliphatic heterocycles. The van der Waals surface area contributed by atoms with E-state index in [-0.39, 0.29) is 17.2 Å². The molecule has 2 fully saturated rings. The van der Waals surface area contributed by atoms with Crippen LogP contribution in [0.2, 0.25) is 0 Å². The van der Waals surface area contributed by atoms with Crippen LogP contribution in [0.5, 0.6) is 0 Å². The zero-order valence-corrected chi connectivity index (χ0v) is 14.9. The van der Waals surface area contributed by atoms with E-state index in [0.717, 1.165) is 45.2 Å². The molecule has 0 radical (unpaired) electrons. The van der Waals surface area contributed by atoms with Crippen LogP contribution in [0.3, 0.4) is 0 Å². The minimum absolute atomic E-state index is 0.126. The lowest BCUT2D eigenvalue weighted by molar-refractivity contribution is 0.0914. The van der Waals surface area contributed by atoms with E-state index in [1.807, 2.05) is 0 Å². The molecule has 0 bridgehead atoms. The monoisotopic (exact) mass is 350 g/mol. The van der Waals surface area contributed by atoms with Gasteiger partial charge in [0.25, 0.3) is 5.91 Å². The summed E-state index contributed by atoms with van der Waals surface area (Å²) in [6.45, 7) is 3.94. The van der Waals surface area contributed by atoms with E-state index >= 15 is 0 Å². The molecule has 1 heterocycles. The largest absolute Gasteiger partial charge is 0.349 e. The summed E-state index contributed by atoms with van der Waals surface area (Å²) in [4.78, 5) is 12.7. The van der Waals surface area contributed by atoms with E-state index in [9.17, 15) is 13.2 Å². The van der Waals surface area contributed by atoms with E-state index in [4.69, 9.17) is 0 Å². The molecule has 2 aliphatic rings. The van der Waals surface area contributed by atoms with Crippen molar-refractivity contribution in [2.75, 3.05) is 13.1 Å². The standard InChI is InChI=1S/C18H26N2O3S/c1-13-12-19-11-10-17(13)20-18(21)14-6-8-16(9-7-14)24(22,23)15-4-2-3-5-15/h6-9,13,15,17,19H,2-5,10-12H2,1H3,(H,20,21). The average Bonchev–Trinajstić information content (AvgIpc) is 3.12. The lowest BCUT2D eigenvalue weighted by Crippen LogP contribution is -2.48. The van der Waals surface area contributed by atoms with E-state index < -0.39 is 9.84 Å². The average molecular weight is 350 g/mol. The van der Waals surface area contributed by atoms with Crippen molar-refractivity contribution in [3.63, 3.8) is 0 Å². The summed E-state index contributed by atoms with van der Waals surface area (Å²) in [6, 6.07) is 6.58. The molecule has 1 aromatic carbocycles. The Bertz CT molecular complexity index is 679. The zero-order chi connectivity index (χ0) is 17.2. The van der Waals surface area contributed by atoms with Crippen LogP contribution in [-0.4, -0.2) is 38.7 Å². The number of hydrogen-bond donors (Lipinski definition) is 2. The number of carbonyl (C=O) groups is 1. The van der Waals surface area contributed by atoms with Gasteiger partial charge in [-0.2, -0.15) is 0 Å². The van der Waals surface area contributed by atoms with Gasteiger partial charge in [-0.25, -0.2) is 8.42 Å². The van der Waals surface area contributed by atoms with Crippen molar-refractivity contribution in [1.29, 1.82) is 0 Å². The Hall–Kier alpha value is -1.40. The molecule has 6 heteroatoms. The second-order valence-electron chi connectivity index (χ2n) is 7.03. The molecule has 24 heavy (non-hydrogen) atoms. The van der Waals surface area contributed by atoms with Gasteiger partial charge in [0.2, 0.25) is 0 Å². The third-order valence-electron chi connectivity index (χ3n) is 5.29. The molecule has 1 aliphatic carbocycles. The number of rotatable bonds is 4. The lowest BCUT2D eigenvalue weighted by atomic mass is 9.95. The molecule has 2 unspecified atom stereocenters. The number of amides is 1. The van der Waals surface area contributed by atoms with Crippen molar-refractivity contribution in [2.24, 2.45) is 5.92 Å². The van der Waals surface area contributed by atoms with Crippen LogP contribution in [0, 0.1) is 5.92 Å². The van der Waals surface area contributed by atoms with Gasteiger partial charge in [0.1, 0.15) is 0 Å². The number of benzene rings is 1. The molecule has 0 aromatic heterocycles. The molecule has 1 aromatic rings. The second-order valence-corrected chi connectivity index (χ2v) is 9.25. The molecular formula is C18H26N2O3S. The van der Waals surface area contributed by atoms with Crippen molar-refractivity contribution in [3.8, 4) is 0 Å². The molecule has 1 saturated heterocycles. The van der Waals surface area contributed by atoms with Crippen LogP contribution < -0.4 is 10.6 Å². The predicted octanol–water partition coefficient (Wildman–Crippen LogP) is 2.13. The fraction of sp³-hybridized carbons (Fsp3) is 0.611. The minimum Gasteiger partial charge on any atom is -0.349 e. The van der Waals surface area contributed by atoms with Gasteiger partial charge in [0, 0.05) is 11.6 Å². The highest BCUT2D eigenvalue weighted by molar-refractivity contribution is 7.92. The number of piperidine rings is 1. The summed E-state index contributed by atoms with van der Waals surface area (Å²) >= 11 is 0. The van der Waals surface area contributed by atoms with Crippen molar-refractivity contribution >= 4 is 15.7 Å². The van der Waals surface area contributed by atoms with E-state index in [1.54, 1.807) is 24.3 Å². The Morgan fingerprint density at radius 1 is 1.12 bits per heavy atom. The first-order valence-corrected chi connectivity index (χ1v) is 10.4. The van der Waals surface area contributed by atoms with Crippen LogP contribution >= 0.6 is 0 Å². The topological polar surface area (TPSA) is 75.3 Å². The molecule has 2 atom stereocenters. The Balaban J connectivity index is 1.68. The van der Waals surface area contributed by atoms with Gasteiger partial charge in [-0.3, -0.25) is 4.79 Å². The Morgan fingerprint density at radius 2 is 1.79 bits per heavy atom. The van der Waals surface area contributed by atoms with Gasteiger partial charge in [0.15, 0.2) is 9.84 Å².